The summed E-state index contributed by atoms with van der Waals surface area (Å²) < 4.78 is 15.6. The van der Waals surface area contributed by atoms with Crippen molar-refractivity contribution in [1.29, 1.82) is 0 Å². The second-order valence-electron chi connectivity index (χ2n) is 5.40. The van der Waals surface area contributed by atoms with Gasteiger partial charge in [0, 0.05) is 5.56 Å². The number of hydrogen-bond acceptors (Lipinski definition) is 6. The van der Waals surface area contributed by atoms with E-state index in [2.05, 4.69) is 5.32 Å². The van der Waals surface area contributed by atoms with Crippen molar-refractivity contribution in [3.63, 3.8) is 0 Å². The maximum absolute atomic E-state index is 12.7. The van der Waals surface area contributed by atoms with Crippen molar-refractivity contribution in [3.05, 3.63) is 53.5 Å². The summed E-state index contributed by atoms with van der Waals surface area (Å²) in [6.07, 6.45) is 2.71. The molecule has 1 aliphatic heterocycles. The number of carbonyl (C=O) groups excluding carboxylic acids is 3. The number of amides is 4. The molecule has 8 heteroatoms. The van der Waals surface area contributed by atoms with Crippen LogP contribution in [0.3, 0.4) is 0 Å². The summed E-state index contributed by atoms with van der Waals surface area (Å²) in [5.41, 5.74) is 0.364. The number of urea groups is 1. The summed E-state index contributed by atoms with van der Waals surface area (Å²) in [5, 5.41) is 2.15. The number of ether oxygens (including phenoxy) is 2. The largest absolute Gasteiger partial charge is 0.497 e. The standard InChI is InChI=1S/C18H16N2O6/c1-24-12-5-6-15(25-2)11(8-12)10-20-17(22)14(16(21)19-18(20)23)9-13-4-3-7-26-13/h3-9H,10H2,1-2H3,(H,19,21,23)/b14-9+. The normalized spacial score (nSPS) is 16.0. The van der Waals surface area contributed by atoms with Crippen molar-refractivity contribution in [1.82, 2.24) is 10.2 Å². The van der Waals surface area contributed by atoms with Gasteiger partial charge in [-0.25, -0.2) is 4.79 Å². The zero-order chi connectivity index (χ0) is 18.7. The number of nitrogens with zero attached hydrogens (tertiary/aromatic N) is 1. The third-order valence-electron chi connectivity index (χ3n) is 3.83. The number of carbonyl (C=O) groups is 3. The molecule has 134 valence electrons. The monoisotopic (exact) mass is 356 g/mol. The van der Waals surface area contributed by atoms with Gasteiger partial charge in [-0.1, -0.05) is 0 Å². The number of furan rings is 1. The van der Waals surface area contributed by atoms with Crippen LogP contribution >= 0.6 is 0 Å². The fraction of sp³-hybridized carbons (Fsp3) is 0.167. The predicted molar refractivity (Wildman–Crippen MR) is 90.3 cm³/mol. The molecule has 0 atom stereocenters. The first-order valence-corrected chi connectivity index (χ1v) is 7.66. The third kappa shape index (κ3) is 3.30. The average molecular weight is 356 g/mol. The lowest BCUT2D eigenvalue weighted by molar-refractivity contribution is -0.130. The topological polar surface area (TPSA) is 98.1 Å². The van der Waals surface area contributed by atoms with E-state index in [9.17, 15) is 14.4 Å². The Labute approximate surface area is 149 Å². The van der Waals surface area contributed by atoms with Gasteiger partial charge in [0.05, 0.1) is 27.0 Å². The van der Waals surface area contributed by atoms with Crippen molar-refractivity contribution in [2.24, 2.45) is 0 Å². The van der Waals surface area contributed by atoms with Crippen LogP contribution in [0, 0.1) is 0 Å². The first-order chi connectivity index (χ1) is 12.5. The van der Waals surface area contributed by atoms with Crippen LogP contribution in [0.4, 0.5) is 4.79 Å². The Kier molecular flexibility index (Phi) is 4.74. The van der Waals surface area contributed by atoms with Crippen LogP contribution in [0.1, 0.15) is 11.3 Å². The van der Waals surface area contributed by atoms with Gasteiger partial charge in [0.25, 0.3) is 11.8 Å². The molecule has 1 saturated heterocycles. The lowest BCUT2D eigenvalue weighted by atomic mass is 10.1. The van der Waals surface area contributed by atoms with Gasteiger partial charge < -0.3 is 13.9 Å². The van der Waals surface area contributed by atoms with Crippen LogP contribution in [0.15, 0.2) is 46.6 Å². The molecule has 0 saturated carbocycles. The van der Waals surface area contributed by atoms with Crippen molar-refractivity contribution in [2.75, 3.05) is 14.2 Å². The van der Waals surface area contributed by atoms with Crippen molar-refractivity contribution in [2.45, 2.75) is 6.54 Å². The number of nitrogens with one attached hydrogen (secondary N) is 1. The Morgan fingerprint density at radius 2 is 1.96 bits per heavy atom. The molecule has 0 unspecified atom stereocenters. The molecule has 2 heterocycles. The Morgan fingerprint density at radius 3 is 2.62 bits per heavy atom. The number of rotatable bonds is 5. The molecule has 1 N–H and O–H groups in total. The van der Waals surface area contributed by atoms with Crippen LogP contribution in [0.2, 0.25) is 0 Å². The van der Waals surface area contributed by atoms with Gasteiger partial charge in [-0.3, -0.25) is 19.8 Å². The maximum atomic E-state index is 12.7. The SMILES string of the molecule is COc1ccc(OC)c(CN2C(=O)NC(=O)/C(=C\c3ccco3)C2=O)c1. The van der Waals surface area contributed by atoms with E-state index in [4.69, 9.17) is 13.9 Å². The first kappa shape index (κ1) is 17.3. The average Bonchev–Trinajstić information content (AvgIpc) is 3.15. The lowest BCUT2D eigenvalue weighted by Crippen LogP contribution is -2.53. The Balaban J connectivity index is 1.93. The van der Waals surface area contributed by atoms with Gasteiger partial charge in [0.2, 0.25) is 0 Å². The summed E-state index contributed by atoms with van der Waals surface area (Å²) in [5.74, 6) is -0.130. The highest BCUT2D eigenvalue weighted by Gasteiger charge is 2.36. The molecule has 1 aromatic carbocycles. The maximum Gasteiger partial charge on any atom is 0.331 e. The van der Waals surface area contributed by atoms with Crippen LogP contribution in [-0.2, 0) is 16.1 Å². The smallest absolute Gasteiger partial charge is 0.331 e. The summed E-state index contributed by atoms with van der Waals surface area (Å²) in [6, 6.07) is 7.45. The molecule has 0 spiro atoms. The van der Waals surface area contributed by atoms with Gasteiger partial charge >= 0.3 is 6.03 Å². The first-order valence-electron chi connectivity index (χ1n) is 7.66. The summed E-state index contributed by atoms with van der Waals surface area (Å²) in [4.78, 5) is 37.8. The van der Waals surface area contributed by atoms with Crippen LogP contribution in [0.5, 0.6) is 11.5 Å². The molecular weight excluding hydrogens is 340 g/mol. The molecule has 1 aromatic heterocycles. The van der Waals surface area contributed by atoms with Gasteiger partial charge in [-0.15, -0.1) is 0 Å². The lowest BCUT2D eigenvalue weighted by Gasteiger charge is -2.27. The van der Waals surface area contributed by atoms with Crippen LogP contribution in [-0.4, -0.2) is 37.0 Å². The van der Waals surface area contributed by atoms with Gasteiger partial charge in [0.15, 0.2) is 0 Å². The van der Waals surface area contributed by atoms with E-state index >= 15 is 0 Å². The summed E-state index contributed by atoms with van der Waals surface area (Å²) >= 11 is 0. The van der Waals surface area contributed by atoms with Crippen LogP contribution < -0.4 is 14.8 Å². The minimum absolute atomic E-state index is 0.0895. The van der Waals surface area contributed by atoms with Gasteiger partial charge in [-0.2, -0.15) is 0 Å². The fourth-order valence-corrected chi connectivity index (χ4v) is 2.53. The number of methoxy groups -OCH3 is 2. The summed E-state index contributed by atoms with van der Waals surface area (Å²) in [7, 11) is 2.99. The third-order valence-corrected chi connectivity index (χ3v) is 3.83. The van der Waals surface area contributed by atoms with E-state index in [1.54, 1.807) is 30.3 Å². The highest BCUT2D eigenvalue weighted by atomic mass is 16.5. The highest BCUT2D eigenvalue weighted by molar-refractivity contribution is 6.30. The second-order valence-corrected chi connectivity index (χ2v) is 5.40. The molecule has 0 radical (unpaired) electrons. The van der Waals surface area contributed by atoms with Crippen LogP contribution in [0.25, 0.3) is 6.08 Å². The van der Waals surface area contributed by atoms with Gasteiger partial charge in [-0.05, 0) is 36.4 Å². The van der Waals surface area contributed by atoms with E-state index in [0.29, 0.717) is 22.8 Å². The molecule has 4 amide bonds. The van der Waals surface area contributed by atoms with E-state index in [1.807, 2.05) is 0 Å². The Bertz CT molecular complexity index is 885. The molecule has 3 rings (SSSR count). The fourth-order valence-electron chi connectivity index (χ4n) is 2.53. The molecule has 2 aromatic rings. The molecular formula is C18H16N2O6. The molecule has 1 fully saturated rings. The van der Waals surface area contributed by atoms with Crippen molar-refractivity contribution in [3.8, 4) is 11.5 Å². The Hall–Kier alpha value is -3.55. The van der Waals surface area contributed by atoms with E-state index in [0.717, 1.165) is 4.90 Å². The molecule has 0 bridgehead atoms. The van der Waals surface area contributed by atoms with Gasteiger partial charge in [0.1, 0.15) is 22.8 Å². The quantitative estimate of drug-likeness (QED) is 0.650. The highest BCUT2D eigenvalue weighted by Crippen LogP contribution is 2.26. The number of barbiturate groups is 1. The number of imide groups is 2. The Morgan fingerprint density at radius 1 is 1.15 bits per heavy atom. The van der Waals surface area contributed by atoms with Crippen molar-refractivity contribution >= 4 is 23.9 Å². The van der Waals surface area contributed by atoms with E-state index in [-0.39, 0.29) is 12.1 Å². The minimum Gasteiger partial charge on any atom is -0.497 e. The number of benzene rings is 1. The molecule has 0 aliphatic carbocycles. The van der Waals surface area contributed by atoms with Crippen molar-refractivity contribution < 1.29 is 28.3 Å². The molecule has 8 nitrogen and oxygen atoms in total. The minimum atomic E-state index is -0.804. The van der Waals surface area contributed by atoms with E-state index in [1.165, 1.54) is 26.6 Å². The second kappa shape index (κ2) is 7.14. The molecule has 1 aliphatic rings. The van der Waals surface area contributed by atoms with E-state index < -0.39 is 17.8 Å². The number of hydrogen-bond donors (Lipinski definition) is 1. The predicted octanol–water partition coefficient (Wildman–Crippen LogP) is 1.96. The molecule has 26 heavy (non-hydrogen) atoms. The zero-order valence-electron chi connectivity index (χ0n) is 14.1. The zero-order valence-corrected chi connectivity index (χ0v) is 14.1. The summed E-state index contributed by atoms with van der Waals surface area (Å²) in [6.45, 7) is -0.0895.